The number of aryl methyl sites for hydroxylation is 1. The van der Waals surface area contributed by atoms with E-state index in [9.17, 15) is 36.2 Å². The normalized spacial score (nSPS) is 22.4. The molecule has 0 saturated carbocycles. The molecule has 1 fully saturated rings. The van der Waals surface area contributed by atoms with Gasteiger partial charge in [-0.05, 0) is 67.0 Å². The van der Waals surface area contributed by atoms with E-state index in [-0.39, 0.29) is 24.1 Å². The summed E-state index contributed by atoms with van der Waals surface area (Å²) in [7, 11) is 0. The first-order valence-electron chi connectivity index (χ1n) is 12.3. The number of rotatable bonds is 6. The quantitative estimate of drug-likeness (QED) is 0.441. The third-order valence-corrected chi connectivity index (χ3v) is 7.25. The minimum atomic E-state index is -4.74. The molecule has 0 aromatic heterocycles. The van der Waals surface area contributed by atoms with Crippen molar-refractivity contribution in [2.24, 2.45) is 11.8 Å². The minimum absolute atomic E-state index is 0.0577. The van der Waals surface area contributed by atoms with Crippen LogP contribution in [0.25, 0.3) is 0 Å². The van der Waals surface area contributed by atoms with E-state index in [2.05, 4.69) is 0 Å². The number of halogens is 6. The van der Waals surface area contributed by atoms with Crippen molar-refractivity contribution in [1.29, 1.82) is 0 Å². The zero-order valence-corrected chi connectivity index (χ0v) is 20.3. The number of hydrogen-bond acceptors (Lipinski definition) is 3. The summed E-state index contributed by atoms with van der Waals surface area (Å²) in [4.78, 5) is 13.0. The molecule has 1 aromatic carbocycles. The standard InChI is InChI=1S/C27H29F6NO3/c1-16(25(35)36)11-17-5-6-18-3-2-4-23(37-24(18)12-17)20-14-34(15-20)13-19-7-8-21(26(28,29)30)9-10-22(19)27(31,32)33/h5-6,8-10,12,16,20,23H,2-4,7,11,13-15H2,1H3,(H,35,36)/t16-,23?/m0/s1. The highest BCUT2D eigenvalue weighted by Gasteiger charge is 2.40. The molecule has 1 N–H and O–H groups in total. The first kappa shape index (κ1) is 27.3. The van der Waals surface area contributed by atoms with Crippen molar-refractivity contribution in [3.05, 3.63) is 64.3 Å². The lowest BCUT2D eigenvalue weighted by atomic mass is 9.89. The number of carbonyl (C=O) groups is 1. The zero-order valence-electron chi connectivity index (χ0n) is 20.3. The van der Waals surface area contributed by atoms with Gasteiger partial charge >= 0.3 is 18.3 Å². The van der Waals surface area contributed by atoms with Crippen molar-refractivity contribution in [2.45, 2.75) is 57.5 Å². The number of hydrogen-bond donors (Lipinski definition) is 1. The van der Waals surface area contributed by atoms with Gasteiger partial charge in [0.1, 0.15) is 11.9 Å². The summed E-state index contributed by atoms with van der Waals surface area (Å²) in [5, 5.41) is 9.19. The van der Waals surface area contributed by atoms with E-state index in [4.69, 9.17) is 4.74 Å². The molecule has 0 bridgehead atoms. The van der Waals surface area contributed by atoms with E-state index in [1.54, 1.807) is 6.92 Å². The summed E-state index contributed by atoms with van der Waals surface area (Å²) in [6, 6.07) is 5.76. The molecule has 1 aromatic rings. The van der Waals surface area contributed by atoms with Crippen LogP contribution in [0.5, 0.6) is 5.75 Å². The predicted octanol–water partition coefficient (Wildman–Crippen LogP) is 6.27. The average molecular weight is 530 g/mol. The molecule has 37 heavy (non-hydrogen) atoms. The molecule has 0 radical (unpaired) electrons. The lowest BCUT2D eigenvalue weighted by molar-refractivity contribution is -0.141. The molecule has 1 aliphatic carbocycles. The van der Waals surface area contributed by atoms with Crippen molar-refractivity contribution in [3.8, 4) is 5.75 Å². The molecule has 202 valence electrons. The van der Waals surface area contributed by atoms with Crippen LogP contribution >= 0.6 is 0 Å². The van der Waals surface area contributed by atoms with Crippen LogP contribution in [0.2, 0.25) is 0 Å². The number of aliphatic carboxylic acids is 1. The molecule has 3 aliphatic rings. The van der Waals surface area contributed by atoms with Crippen molar-refractivity contribution in [1.82, 2.24) is 4.90 Å². The van der Waals surface area contributed by atoms with Gasteiger partial charge in [0, 0.05) is 25.6 Å². The van der Waals surface area contributed by atoms with E-state index in [0.29, 0.717) is 31.7 Å². The Morgan fingerprint density at radius 2 is 1.86 bits per heavy atom. The number of benzene rings is 1. The van der Waals surface area contributed by atoms with Gasteiger partial charge in [-0.2, -0.15) is 26.3 Å². The second-order valence-corrected chi connectivity index (χ2v) is 10.1. The number of carboxylic acid groups (broad SMARTS) is 1. The molecule has 1 saturated heterocycles. The smallest absolute Gasteiger partial charge is 0.416 e. The second-order valence-electron chi connectivity index (χ2n) is 10.1. The number of fused-ring (bicyclic) bond motifs is 1. The number of carboxylic acids is 1. The van der Waals surface area contributed by atoms with E-state index in [1.165, 1.54) is 0 Å². The maximum Gasteiger partial charge on any atom is 0.416 e. The maximum atomic E-state index is 13.6. The van der Waals surface area contributed by atoms with Gasteiger partial charge in [-0.3, -0.25) is 9.69 Å². The van der Waals surface area contributed by atoms with Gasteiger partial charge < -0.3 is 9.84 Å². The number of likely N-dealkylation sites (tertiary alicyclic amines) is 1. The maximum absolute atomic E-state index is 13.6. The van der Waals surface area contributed by atoms with Crippen molar-refractivity contribution >= 4 is 5.97 Å². The minimum Gasteiger partial charge on any atom is -0.490 e. The van der Waals surface area contributed by atoms with Gasteiger partial charge in [0.25, 0.3) is 0 Å². The third-order valence-electron chi connectivity index (χ3n) is 7.25. The Labute approximate surface area is 211 Å². The summed E-state index contributed by atoms with van der Waals surface area (Å²) in [5.74, 6) is -0.597. The monoisotopic (exact) mass is 529 g/mol. The number of ether oxygens (including phenoxy) is 1. The molecular weight excluding hydrogens is 500 g/mol. The largest absolute Gasteiger partial charge is 0.490 e. The number of allylic oxidation sites excluding steroid dienone is 5. The van der Waals surface area contributed by atoms with Crippen LogP contribution in [0.4, 0.5) is 26.3 Å². The molecule has 10 heteroatoms. The van der Waals surface area contributed by atoms with Crippen molar-refractivity contribution < 1.29 is 41.0 Å². The Hall–Kier alpha value is -2.75. The summed E-state index contributed by atoms with van der Waals surface area (Å²) in [5.41, 5.74) is -0.264. The summed E-state index contributed by atoms with van der Waals surface area (Å²) in [6.07, 6.45) is -5.28. The zero-order chi connectivity index (χ0) is 27.0. The van der Waals surface area contributed by atoms with Gasteiger partial charge in [0.2, 0.25) is 0 Å². The molecule has 0 spiro atoms. The van der Waals surface area contributed by atoms with E-state index >= 15 is 0 Å². The second kappa shape index (κ2) is 10.6. The van der Waals surface area contributed by atoms with Crippen LogP contribution < -0.4 is 4.74 Å². The molecule has 0 amide bonds. The van der Waals surface area contributed by atoms with Crippen LogP contribution in [-0.4, -0.2) is 54.1 Å². The first-order valence-corrected chi connectivity index (χ1v) is 12.3. The Morgan fingerprint density at radius 3 is 2.51 bits per heavy atom. The molecule has 2 heterocycles. The van der Waals surface area contributed by atoms with Crippen LogP contribution in [0.15, 0.2) is 53.1 Å². The van der Waals surface area contributed by atoms with Gasteiger partial charge in [-0.1, -0.05) is 25.1 Å². The summed E-state index contributed by atoms with van der Waals surface area (Å²) >= 11 is 0. The molecular formula is C27H29F6NO3. The van der Waals surface area contributed by atoms with Crippen LogP contribution in [-0.2, 0) is 17.6 Å². The van der Waals surface area contributed by atoms with Gasteiger partial charge in [0.15, 0.2) is 0 Å². The molecule has 4 rings (SSSR count). The van der Waals surface area contributed by atoms with Crippen molar-refractivity contribution in [3.63, 3.8) is 0 Å². The van der Waals surface area contributed by atoms with Crippen LogP contribution in [0.1, 0.15) is 37.3 Å². The van der Waals surface area contributed by atoms with Crippen molar-refractivity contribution in [2.75, 3.05) is 19.6 Å². The Balaban J connectivity index is 1.41. The molecule has 2 atom stereocenters. The van der Waals surface area contributed by atoms with E-state index in [0.717, 1.165) is 42.2 Å². The Bertz CT molecular complexity index is 1110. The summed E-state index contributed by atoms with van der Waals surface area (Å²) in [6.45, 7) is 2.57. The van der Waals surface area contributed by atoms with E-state index in [1.807, 2.05) is 23.1 Å². The van der Waals surface area contributed by atoms with Crippen LogP contribution in [0, 0.1) is 11.8 Å². The summed E-state index contributed by atoms with van der Waals surface area (Å²) < 4.78 is 86.3. The Kier molecular flexibility index (Phi) is 7.78. The molecule has 2 aliphatic heterocycles. The third kappa shape index (κ3) is 6.58. The number of alkyl halides is 6. The Morgan fingerprint density at radius 1 is 1.14 bits per heavy atom. The highest BCUT2D eigenvalue weighted by atomic mass is 19.4. The van der Waals surface area contributed by atoms with Crippen LogP contribution in [0.3, 0.4) is 0 Å². The van der Waals surface area contributed by atoms with E-state index < -0.39 is 41.8 Å². The lowest BCUT2D eigenvalue weighted by Gasteiger charge is -2.43. The fourth-order valence-corrected chi connectivity index (χ4v) is 5.13. The fraction of sp³-hybridized carbons (Fsp3) is 0.519. The van der Waals surface area contributed by atoms with Gasteiger partial charge in [-0.15, -0.1) is 0 Å². The van der Waals surface area contributed by atoms with Gasteiger partial charge in [-0.25, -0.2) is 0 Å². The van der Waals surface area contributed by atoms with Gasteiger partial charge in [0.05, 0.1) is 17.1 Å². The lowest BCUT2D eigenvalue weighted by Crippen LogP contribution is -2.53. The topological polar surface area (TPSA) is 49.8 Å². The highest BCUT2D eigenvalue weighted by molar-refractivity contribution is 5.70. The first-order chi connectivity index (χ1) is 17.3. The number of nitrogens with zero attached hydrogens (tertiary/aromatic N) is 1. The molecule has 4 nitrogen and oxygen atoms in total. The molecule has 1 unspecified atom stereocenters. The predicted molar refractivity (Wildman–Crippen MR) is 125 cm³/mol. The fourth-order valence-electron chi connectivity index (χ4n) is 5.13. The average Bonchev–Trinajstić information content (AvgIpc) is 3.11. The highest BCUT2D eigenvalue weighted by Crippen LogP contribution is 2.38. The SMILES string of the molecule is C[C@@H](Cc1ccc2c(c1)OC(C1CN(CC3=C(C(F)(F)F)C=CC(C(F)(F)F)=CC3)C1)CCC2)C(=O)O.